The monoisotopic (exact) mass is 341 g/mol. The number of hydrogen-bond donors (Lipinski definition) is 1. The number of nitrogens with one attached hydrogen (secondary N) is 1. The van der Waals surface area contributed by atoms with E-state index in [-0.39, 0.29) is 11.5 Å². The van der Waals surface area contributed by atoms with E-state index in [0.29, 0.717) is 18.7 Å². The van der Waals surface area contributed by atoms with Crippen molar-refractivity contribution in [3.63, 3.8) is 0 Å². The Morgan fingerprint density at radius 3 is 2.84 bits per heavy atom. The molecule has 3 aromatic rings. The predicted molar refractivity (Wildman–Crippen MR) is 94.4 cm³/mol. The van der Waals surface area contributed by atoms with E-state index < -0.39 is 5.82 Å². The number of benzene rings is 2. The van der Waals surface area contributed by atoms with Gasteiger partial charge in [0.2, 0.25) is 0 Å². The molecule has 130 valence electrons. The lowest BCUT2D eigenvalue weighted by Gasteiger charge is -2.10. The van der Waals surface area contributed by atoms with Crippen LogP contribution in [0.5, 0.6) is 5.75 Å². The standard InChI is InChI=1S/C19H20FN3O2/c1-3-23-16-7-5-4-6-15(16)22-18(23)10-11-21-19(24)14-12-13(20)8-9-17(14)25-2/h4-9,12H,3,10-11H2,1-2H3,(H,21,24). The van der Waals surface area contributed by atoms with Gasteiger partial charge in [0.1, 0.15) is 17.4 Å². The molecule has 1 heterocycles. The summed E-state index contributed by atoms with van der Waals surface area (Å²) in [7, 11) is 1.45. The Balaban J connectivity index is 1.71. The number of aryl methyl sites for hydroxylation is 1. The Kier molecular flexibility index (Phi) is 4.97. The number of ether oxygens (including phenoxy) is 1. The molecule has 3 rings (SSSR count). The Bertz CT molecular complexity index is 905. The van der Waals surface area contributed by atoms with Crippen molar-refractivity contribution in [1.29, 1.82) is 0 Å². The highest BCUT2D eigenvalue weighted by molar-refractivity contribution is 5.96. The molecule has 1 N–H and O–H groups in total. The summed E-state index contributed by atoms with van der Waals surface area (Å²) in [6, 6.07) is 11.8. The van der Waals surface area contributed by atoms with Gasteiger partial charge in [-0.25, -0.2) is 9.37 Å². The van der Waals surface area contributed by atoms with Gasteiger partial charge in [0.25, 0.3) is 5.91 Å². The van der Waals surface area contributed by atoms with Gasteiger partial charge >= 0.3 is 0 Å². The van der Waals surface area contributed by atoms with E-state index in [0.717, 1.165) is 23.4 Å². The van der Waals surface area contributed by atoms with E-state index in [1.807, 2.05) is 24.3 Å². The second-order valence-corrected chi connectivity index (χ2v) is 5.61. The van der Waals surface area contributed by atoms with E-state index in [9.17, 15) is 9.18 Å². The van der Waals surface area contributed by atoms with Crippen molar-refractivity contribution < 1.29 is 13.9 Å². The molecule has 1 aromatic heterocycles. The van der Waals surface area contributed by atoms with Gasteiger partial charge in [-0.05, 0) is 37.3 Å². The summed E-state index contributed by atoms with van der Waals surface area (Å²) < 4.78 is 20.6. The van der Waals surface area contributed by atoms with Gasteiger partial charge in [-0.15, -0.1) is 0 Å². The van der Waals surface area contributed by atoms with Crippen LogP contribution in [0.15, 0.2) is 42.5 Å². The van der Waals surface area contributed by atoms with E-state index in [2.05, 4.69) is 21.8 Å². The summed E-state index contributed by atoms with van der Waals surface area (Å²) >= 11 is 0. The maximum Gasteiger partial charge on any atom is 0.255 e. The maximum absolute atomic E-state index is 13.4. The van der Waals surface area contributed by atoms with Crippen LogP contribution in [0.25, 0.3) is 11.0 Å². The molecule has 25 heavy (non-hydrogen) atoms. The summed E-state index contributed by atoms with van der Waals surface area (Å²) in [5.74, 6) is 0.420. The number of halogens is 1. The first-order valence-electron chi connectivity index (χ1n) is 8.20. The zero-order chi connectivity index (χ0) is 17.8. The summed E-state index contributed by atoms with van der Waals surface area (Å²) in [6.45, 7) is 3.27. The van der Waals surface area contributed by atoms with Gasteiger partial charge in [-0.3, -0.25) is 4.79 Å². The average molecular weight is 341 g/mol. The molecule has 6 heteroatoms. The Morgan fingerprint density at radius 1 is 1.28 bits per heavy atom. The number of para-hydroxylation sites is 2. The summed E-state index contributed by atoms with van der Waals surface area (Å²) in [6.07, 6.45) is 0.589. The number of rotatable bonds is 6. The number of hydrogen-bond acceptors (Lipinski definition) is 3. The van der Waals surface area contributed by atoms with Crippen LogP contribution >= 0.6 is 0 Å². The number of nitrogens with zero attached hydrogens (tertiary/aromatic N) is 2. The molecule has 0 aliphatic carbocycles. The molecule has 0 fully saturated rings. The van der Waals surface area contributed by atoms with Crippen molar-refractivity contribution >= 4 is 16.9 Å². The zero-order valence-corrected chi connectivity index (χ0v) is 14.3. The summed E-state index contributed by atoms with van der Waals surface area (Å²) in [5.41, 5.74) is 2.21. The van der Waals surface area contributed by atoms with Crippen LogP contribution in [0.2, 0.25) is 0 Å². The fourth-order valence-electron chi connectivity index (χ4n) is 2.91. The lowest BCUT2D eigenvalue weighted by atomic mass is 10.2. The van der Waals surface area contributed by atoms with Crippen molar-refractivity contribution in [3.8, 4) is 5.75 Å². The molecule has 0 saturated carbocycles. The molecule has 0 aliphatic rings. The minimum absolute atomic E-state index is 0.187. The number of methoxy groups -OCH3 is 1. The lowest BCUT2D eigenvalue weighted by Crippen LogP contribution is -2.27. The molecular formula is C19H20FN3O2. The third-order valence-electron chi connectivity index (χ3n) is 4.09. The first kappa shape index (κ1) is 17.0. The van der Waals surface area contributed by atoms with Gasteiger partial charge in [0, 0.05) is 19.5 Å². The van der Waals surface area contributed by atoms with E-state index >= 15 is 0 Å². The van der Waals surface area contributed by atoms with E-state index in [1.54, 1.807) is 0 Å². The first-order valence-corrected chi connectivity index (χ1v) is 8.20. The van der Waals surface area contributed by atoms with Gasteiger partial charge in [0.15, 0.2) is 0 Å². The van der Waals surface area contributed by atoms with Crippen LogP contribution < -0.4 is 10.1 Å². The molecule has 0 saturated heterocycles. The van der Waals surface area contributed by atoms with Gasteiger partial charge in [-0.1, -0.05) is 12.1 Å². The number of amides is 1. The fourth-order valence-corrected chi connectivity index (χ4v) is 2.91. The molecule has 5 nitrogen and oxygen atoms in total. The second kappa shape index (κ2) is 7.34. The zero-order valence-electron chi connectivity index (χ0n) is 14.3. The van der Waals surface area contributed by atoms with Crippen molar-refractivity contribution in [2.45, 2.75) is 19.9 Å². The van der Waals surface area contributed by atoms with Crippen LogP contribution in [0.1, 0.15) is 23.1 Å². The normalized spacial score (nSPS) is 10.8. The van der Waals surface area contributed by atoms with Crippen LogP contribution in [-0.2, 0) is 13.0 Å². The highest BCUT2D eigenvalue weighted by Crippen LogP contribution is 2.19. The van der Waals surface area contributed by atoms with Gasteiger partial charge in [-0.2, -0.15) is 0 Å². The average Bonchev–Trinajstić information content (AvgIpc) is 2.98. The SMILES string of the molecule is CCn1c(CCNC(=O)c2cc(F)ccc2OC)nc2ccccc21. The molecule has 0 spiro atoms. The molecule has 0 bridgehead atoms. The molecule has 2 aromatic carbocycles. The molecular weight excluding hydrogens is 321 g/mol. The molecule has 0 radical (unpaired) electrons. The minimum atomic E-state index is -0.473. The Hall–Kier alpha value is -2.89. The first-order chi connectivity index (χ1) is 12.1. The lowest BCUT2D eigenvalue weighted by molar-refractivity contribution is 0.0950. The quantitative estimate of drug-likeness (QED) is 0.749. The largest absolute Gasteiger partial charge is 0.496 e. The fraction of sp³-hybridized carbons (Fsp3) is 0.263. The Morgan fingerprint density at radius 2 is 2.08 bits per heavy atom. The third kappa shape index (κ3) is 3.47. The van der Waals surface area contributed by atoms with Crippen LogP contribution in [-0.4, -0.2) is 29.1 Å². The number of fused-ring (bicyclic) bond motifs is 1. The summed E-state index contributed by atoms with van der Waals surface area (Å²) in [5, 5.41) is 2.81. The van der Waals surface area contributed by atoms with Crippen LogP contribution in [0.4, 0.5) is 4.39 Å². The predicted octanol–water partition coefficient (Wildman–Crippen LogP) is 3.18. The third-order valence-corrected chi connectivity index (χ3v) is 4.09. The molecule has 1 amide bonds. The second-order valence-electron chi connectivity index (χ2n) is 5.61. The van der Waals surface area contributed by atoms with Crippen molar-refractivity contribution in [2.24, 2.45) is 0 Å². The highest BCUT2D eigenvalue weighted by Gasteiger charge is 2.14. The number of carbonyl (C=O) groups is 1. The van der Waals surface area contributed by atoms with Crippen LogP contribution in [0.3, 0.4) is 0 Å². The van der Waals surface area contributed by atoms with Crippen molar-refractivity contribution in [2.75, 3.05) is 13.7 Å². The van der Waals surface area contributed by atoms with E-state index in [1.165, 1.54) is 25.3 Å². The number of carbonyl (C=O) groups excluding carboxylic acids is 1. The van der Waals surface area contributed by atoms with Gasteiger partial charge < -0.3 is 14.6 Å². The smallest absolute Gasteiger partial charge is 0.255 e. The maximum atomic E-state index is 13.4. The highest BCUT2D eigenvalue weighted by atomic mass is 19.1. The molecule has 0 unspecified atom stereocenters. The molecule has 0 aliphatic heterocycles. The number of aromatic nitrogens is 2. The number of imidazole rings is 1. The molecule has 0 atom stereocenters. The van der Waals surface area contributed by atoms with Crippen molar-refractivity contribution in [3.05, 3.63) is 59.7 Å². The van der Waals surface area contributed by atoms with Crippen LogP contribution in [0, 0.1) is 5.82 Å². The minimum Gasteiger partial charge on any atom is -0.496 e. The Labute approximate surface area is 145 Å². The van der Waals surface area contributed by atoms with Gasteiger partial charge in [0.05, 0.1) is 23.7 Å². The van der Waals surface area contributed by atoms with Crippen molar-refractivity contribution in [1.82, 2.24) is 14.9 Å². The van der Waals surface area contributed by atoms with E-state index in [4.69, 9.17) is 4.74 Å². The summed E-state index contributed by atoms with van der Waals surface area (Å²) in [4.78, 5) is 16.9. The topological polar surface area (TPSA) is 56.2 Å².